The molecule has 0 radical (unpaired) electrons. The van der Waals surface area contributed by atoms with Crippen molar-refractivity contribution in [2.75, 3.05) is 44.3 Å². The van der Waals surface area contributed by atoms with Gasteiger partial charge in [0.05, 0.1) is 66.4 Å². The number of aromatic nitrogens is 1. The molecule has 1 fully saturated rings. The molecular weight excluding hydrogens is 1120 g/mol. The number of amides is 9. The van der Waals surface area contributed by atoms with Gasteiger partial charge in [-0.05, 0) is 55.1 Å². The van der Waals surface area contributed by atoms with E-state index in [2.05, 4.69) is 31.6 Å². The number of Topliss-reactive ketones (excluding diaryl/α,β-unsaturated/α-hetero) is 3. The van der Waals surface area contributed by atoms with Crippen LogP contribution in [-0.2, 0) is 80.5 Å². The summed E-state index contributed by atoms with van der Waals surface area (Å²) in [6, 6.07) is -4.20. The van der Waals surface area contributed by atoms with Crippen molar-refractivity contribution in [1.29, 1.82) is 0 Å². The molecule has 1 aromatic heterocycles. The molecule has 1 aromatic carbocycles. The number of rotatable bonds is 19. The zero-order chi connectivity index (χ0) is 60.8. The van der Waals surface area contributed by atoms with Crippen molar-refractivity contribution in [1.82, 2.24) is 41.4 Å². The van der Waals surface area contributed by atoms with Crippen LogP contribution in [0.15, 0.2) is 29.3 Å². The number of unbranched alkanes of at least 4 members (excludes halogenated alkanes) is 2. The number of hydrogen-bond donors (Lipinski definition) is 11. The first-order valence-corrected chi connectivity index (χ1v) is 30.3. The number of hydrogen-bond acceptors (Lipinski definition) is 18. The largest absolute Gasteiger partial charge is 0.508 e. The lowest BCUT2D eigenvalue weighted by molar-refractivity contribution is -0.144. The summed E-state index contributed by atoms with van der Waals surface area (Å²) in [4.78, 5) is 168. The summed E-state index contributed by atoms with van der Waals surface area (Å²) < 4.78 is 15.2. The van der Waals surface area contributed by atoms with E-state index in [0.717, 1.165) is 9.80 Å². The Morgan fingerprint density at radius 2 is 1.55 bits per heavy atom. The third kappa shape index (κ3) is 17.1. The Kier molecular flexibility index (Phi) is 23.7. The summed E-state index contributed by atoms with van der Waals surface area (Å²) in [6.45, 7) is 2.26. The highest BCUT2D eigenvalue weighted by molar-refractivity contribution is 7.98. The number of aromatic hydroxyl groups is 1. The molecule has 0 spiro atoms. The molecule has 1 unspecified atom stereocenters. The standard InChI is InChI=1S/C55H75N9O17S2/c1-4-28(2)35-19-32(67)22-57-50(76)30-17-36-34-11-12-41(69)37(26-82-16-8-10-31(66)9-6-5-7-15-63-46(74)13-14-47(63)75)49(34)62-54(36)83(81)27-39(59-45(73)23-58-51(35)77)52(78)60-38(21-44(56)72)55(80)64-24-33(68)20-40(64)53(79)61-48(42(70)18-30)29(3)43(71)25-65/h11-14,28-30,33,35,38-40,43,48,62,65,68-69,71H,4-10,15-27H2,1-3H3,(H2,56,72)(H,57,76)(H,58,77)(H,59,73)(H,60,78)(H,61,79)/t28-,29-,30+,33+,35-,38-,39-,40-,43-,48-,83?/m0/s1. The number of ketones is 3. The van der Waals surface area contributed by atoms with Gasteiger partial charge in [0.2, 0.25) is 41.4 Å². The molecule has 28 heteroatoms. The van der Waals surface area contributed by atoms with Crippen molar-refractivity contribution in [3.05, 3.63) is 35.4 Å². The van der Waals surface area contributed by atoms with E-state index in [1.807, 2.05) is 0 Å². The zero-order valence-corrected chi connectivity index (χ0v) is 48.2. The van der Waals surface area contributed by atoms with E-state index >= 15 is 4.21 Å². The Hall–Kier alpha value is -6.88. The minimum Gasteiger partial charge on any atom is -0.508 e. The van der Waals surface area contributed by atoms with Crippen molar-refractivity contribution in [3.63, 3.8) is 0 Å². The highest BCUT2D eigenvalue weighted by Crippen LogP contribution is 2.37. The van der Waals surface area contributed by atoms with E-state index < -0.39 is 188 Å². The van der Waals surface area contributed by atoms with E-state index in [1.54, 1.807) is 13.8 Å². The van der Waals surface area contributed by atoms with Crippen LogP contribution in [0, 0.1) is 23.7 Å². The van der Waals surface area contributed by atoms with Gasteiger partial charge in [-0.15, -0.1) is 0 Å². The SMILES string of the molecule is CC[C@H](C)[C@@H]1CC(=O)CNC(=O)[C@H]2CC(=O)[C@H]([C@@H](C)[C@@H](O)CO)NC(=O)[C@@H]3C[C@@H](O)CN3C(=O)[C@H](CC(N)=O)NC(=O)[C@H](CS(=O)c3[nH]c4c(CSCCCC(=O)CCCCCN5C(=O)C=CC5=O)c(O)ccc4c3C2)NC(=O)CNC1=O. The third-order valence-corrected chi connectivity index (χ3v) is 18.2. The second-order valence-electron chi connectivity index (χ2n) is 21.7. The number of nitrogens with zero attached hydrogens (tertiary/aromatic N) is 2. The lowest BCUT2D eigenvalue weighted by atomic mass is 9.85. The maximum Gasteiger partial charge on any atom is 0.253 e. The predicted molar refractivity (Wildman–Crippen MR) is 299 cm³/mol. The fraction of sp³-hybridized carbons (Fsp3) is 0.600. The first-order valence-electron chi connectivity index (χ1n) is 27.8. The number of H-pyrrole nitrogens is 1. The van der Waals surface area contributed by atoms with Crippen LogP contribution in [-0.4, -0.2) is 191 Å². The van der Waals surface area contributed by atoms with Crippen LogP contribution in [0.5, 0.6) is 5.75 Å². The average molecular weight is 1200 g/mol. The van der Waals surface area contributed by atoms with Gasteiger partial charge in [-0.3, -0.25) is 66.6 Å². The minimum absolute atomic E-state index is 0.0136. The zero-order valence-electron chi connectivity index (χ0n) is 46.6. The highest BCUT2D eigenvalue weighted by Gasteiger charge is 2.45. The second kappa shape index (κ2) is 30.1. The smallest absolute Gasteiger partial charge is 0.253 e. The number of phenolic OH excluding ortho intramolecular Hbond substituents is 1. The Bertz CT molecular complexity index is 2880. The Morgan fingerprint density at radius 3 is 2.24 bits per heavy atom. The number of nitrogens with one attached hydrogen (secondary N) is 6. The van der Waals surface area contributed by atoms with Crippen LogP contribution in [0.3, 0.4) is 0 Å². The van der Waals surface area contributed by atoms with Gasteiger partial charge in [0.15, 0.2) is 11.6 Å². The number of thioether (sulfide) groups is 1. The van der Waals surface area contributed by atoms with Crippen LogP contribution in [0.2, 0.25) is 0 Å². The van der Waals surface area contributed by atoms with Crippen LogP contribution < -0.4 is 32.3 Å². The van der Waals surface area contributed by atoms with Crippen LogP contribution >= 0.6 is 11.8 Å². The number of carbonyl (C=O) groups is 12. The van der Waals surface area contributed by atoms with Gasteiger partial charge in [-0.1, -0.05) is 33.6 Å². The highest BCUT2D eigenvalue weighted by atomic mass is 32.2. The third-order valence-electron chi connectivity index (χ3n) is 15.7. The molecule has 83 heavy (non-hydrogen) atoms. The average Bonchev–Trinajstić information content (AvgIpc) is 3.64. The van der Waals surface area contributed by atoms with Crippen molar-refractivity contribution in [2.45, 2.75) is 145 Å². The number of fused-ring (bicyclic) bond motifs is 5. The van der Waals surface area contributed by atoms with Gasteiger partial charge in [-0.2, -0.15) is 11.8 Å². The van der Waals surface area contributed by atoms with E-state index in [9.17, 15) is 78.0 Å². The summed E-state index contributed by atoms with van der Waals surface area (Å²) in [5.41, 5.74) is 6.18. The summed E-state index contributed by atoms with van der Waals surface area (Å²) >= 11 is 1.35. The number of aromatic amines is 1. The number of aliphatic hydroxyl groups is 3. The molecule has 5 heterocycles. The maximum atomic E-state index is 15.2. The molecule has 0 saturated carbocycles. The molecule has 0 aliphatic carbocycles. The molecule has 4 aliphatic rings. The number of carbonyl (C=O) groups excluding carboxylic acids is 12. The number of benzene rings is 1. The Balaban J connectivity index is 1.41. The predicted octanol–water partition coefficient (Wildman–Crippen LogP) is -1.67. The molecule has 1 saturated heterocycles. The first kappa shape index (κ1) is 65.3. The summed E-state index contributed by atoms with van der Waals surface area (Å²) in [6.07, 6.45) is -0.335. The van der Waals surface area contributed by atoms with Gasteiger partial charge >= 0.3 is 0 Å². The van der Waals surface area contributed by atoms with Gasteiger partial charge in [0.25, 0.3) is 11.8 Å². The normalized spacial score (nSPS) is 25.7. The van der Waals surface area contributed by atoms with Crippen LogP contribution in [0.1, 0.15) is 103 Å². The summed E-state index contributed by atoms with van der Waals surface area (Å²) in [5.74, 6) is -14.0. The van der Waals surface area contributed by atoms with E-state index in [-0.39, 0.29) is 69.1 Å². The number of phenols is 1. The Morgan fingerprint density at radius 1 is 0.855 bits per heavy atom. The van der Waals surface area contributed by atoms with E-state index in [0.29, 0.717) is 44.3 Å². The molecule has 26 nitrogen and oxygen atoms in total. The first-order chi connectivity index (χ1) is 39.4. The fourth-order valence-electron chi connectivity index (χ4n) is 10.6. The topological polar surface area (TPSA) is 411 Å². The second-order valence-corrected chi connectivity index (χ2v) is 24.2. The van der Waals surface area contributed by atoms with Crippen molar-refractivity contribution >= 4 is 104 Å². The van der Waals surface area contributed by atoms with Crippen LogP contribution in [0.25, 0.3) is 10.9 Å². The lowest BCUT2D eigenvalue weighted by Crippen LogP contribution is -2.60. The van der Waals surface area contributed by atoms with Gasteiger partial charge in [0, 0.05) is 91.8 Å². The molecule has 2 aromatic rings. The van der Waals surface area contributed by atoms with E-state index in [1.165, 1.54) is 43.0 Å². The van der Waals surface area contributed by atoms with Crippen molar-refractivity contribution in [3.8, 4) is 5.75 Å². The van der Waals surface area contributed by atoms with Gasteiger partial charge in [0.1, 0.15) is 34.7 Å². The fourth-order valence-corrected chi connectivity index (χ4v) is 13.0. The molecule has 9 amide bonds. The molecule has 12 N–H and O–H groups in total. The monoisotopic (exact) mass is 1200 g/mol. The molecule has 6 rings (SSSR count). The van der Waals surface area contributed by atoms with Gasteiger partial charge in [-0.25, -0.2) is 0 Å². The molecule has 2 bridgehead atoms. The number of primary amides is 1. The van der Waals surface area contributed by atoms with Crippen LogP contribution in [0.4, 0.5) is 0 Å². The Labute approximate surface area is 485 Å². The molecule has 4 aliphatic heterocycles. The number of imide groups is 1. The molecule has 11 atom stereocenters. The van der Waals surface area contributed by atoms with Gasteiger partial charge < -0.3 is 62.6 Å². The minimum atomic E-state index is -2.45. The molecular formula is C55H75N9O17S2. The van der Waals surface area contributed by atoms with Crippen molar-refractivity contribution < 1.29 is 82.2 Å². The quantitative estimate of drug-likeness (QED) is 0.0553. The summed E-state index contributed by atoms with van der Waals surface area (Å²) in [7, 11) is -2.45. The number of aliphatic hydroxyl groups excluding tert-OH is 3. The summed E-state index contributed by atoms with van der Waals surface area (Å²) in [5, 5.41) is 55.9. The maximum absolute atomic E-state index is 15.2. The number of nitrogens with two attached hydrogens (primary N) is 1. The van der Waals surface area contributed by atoms with Crippen molar-refractivity contribution in [2.24, 2.45) is 29.4 Å². The van der Waals surface area contributed by atoms with E-state index in [4.69, 9.17) is 5.73 Å². The lowest BCUT2D eigenvalue weighted by Gasteiger charge is -2.32. The molecule has 454 valence electrons.